The van der Waals surface area contributed by atoms with Crippen LogP contribution in [-0.2, 0) is 18.3 Å². The van der Waals surface area contributed by atoms with Crippen molar-refractivity contribution in [1.29, 1.82) is 0 Å². The van der Waals surface area contributed by atoms with Gasteiger partial charge in [-0.05, 0) is 12.3 Å². The van der Waals surface area contributed by atoms with E-state index in [0.717, 1.165) is 6.54 Å². The lowest BCUT2D eigenvalue weighted by Crippen LogP contribution is -2.38. The molecule has 1 rings (SSSR count). The number of aromatic nitrogens is 4. The van der Waals surface area contributed by atoms with Crippen LogP contribution in [0.15, 0.2) is 0 Å². The molecule has 15 heavy (non-hydrogen) atoms. The van der Waals surface area contributed by atoms with Gasteiger partial charge in [0.15, 0.2) is 5.82 Å². The molecule has 0 aliphatic rings. The molecule has 0 fully saturated rings. The highest BCUT2D eigenvalue weighted by Crippen LogP contribution is 1.95. The van der Waals surface area contributed by atoms with Crippen LogP contribution in [0.1, 0.15) is 5.82 Å². The van der Waals surface area contributed by atoms with Crippen molar-refractivity contribution in [3.63, 3.8) is 0 Å². The summed E-state index contributed by atoms with van der Waals surface area (Å²) in [7, 11) is 5.35. The molecule has 0 aliphatic carbocycles. The number of hydrogen-bond donors (Lipinski definition) is 1. The summed E-state index contributed by atoms with van der Waals surface area (Å²) in [5.41, 5.74) is 5.82. The Bertz CT molecular complexity index is 288. The summed E-state index contributed by atoms with van der Waals surface area (Å²) < 4.78 is 4.96. The fraction of sp³-hybridized carbons (Fsp3) is 0.875. The topological polar surface area (TPSA) is 82.1 Å². The molecule has 1 atom stereocenters. The van der Waals surface area contributed by atoms with Gasteiger partial charge in [-0.25, -0.2) is 0 Å². The average molecular weight is 214 g/mol. The van der Waals surface area contributed by atoms with Gasteiger partial charge < -0.3 is 10.5 Å². The number of rotatable bonds is 6. The van der Waals surface area contributed by atoms with Gasteiger partial charge in [-0.15, -0.1) is 10.2 Å². The Balaban J connectivity index is 2.32. The smallest absolute Gasteiger partial charge is 0.188 e. The third-order valence-corrected chi connectivity index (χ3v) is 1.89. The summed E-state index contributed by atoms with van der Waals surface area (Å²) in [5, 5.41) is 11.7. The summed E-state index contributed by atoms with van der Waals surface area (Å²) in [6, 6.07) is 0.0108. The maximum absolute atomic E-state index is 5.82. The number of ether oxygens (including phenoxy) is 1. The molecule has 1 aromatic rings. The van der Waals surface area contributed by atoms with Gasteiger partial charge in [0.05, 0.1) is 20.2 Å². The van der Waals surface area contributed by atoms with Gasteiger partial charge in [0.25, 0.3) is 0 Å². The van der Waals surface area contributed by atoms with E-state index in [0.29, 0.717) is 19.0 Å². The van der Waals surface area contributed by atoms with Crippen LogP contribution in [0.5, 0.6) is 0 Å². The Morgan fingerprint density at radius 2 is 2.33 bits per heavy atom. The standard InChI is InChI=1S/C8H18N6O/c1-13(4-7(9)6-15-3)5-8-10-12-14(2)11-8/h7H,4-6,9H2,1-3H3. The highest BCUT2D eigenvalue weighted by atomic mass is 16.5. The SMILES string of the molecule is COCC(N)CN(C)Cc1nnn(C)n1. The molecule has 1 heterocycles. The number of tetrazole rings is 1. The normalized spacial score (nSPS) is 13.4. The first kappa shape index (κ1) is 12.0. The Kier molecular flexibility index (Phi) is 4.60. The molecular formula is C8H18N6O. The molecule has 0 amide bonds. The minimum absolute atomic E-state index is 0.0108. The minimum Gasteiger partial charge on any atom is -0.383 e. The zero-order valence-corrected chi connectivity index (χ0v) is 9.42. The summed E-state index contributed by atoms with van der Waals surface area (Å²) in [6.07, 6.45) is 0. The highest BCUT2D eigenvalue weighted by Gasteiger charge is 2.09. The maximum Gasteiger partial charge on any atom is 0.188 e. The molecular weight excluding hydrogens is 196 g/mol. The first-order chi connectivity index (χ1) is 7.11. The van der Waals surface area contributed by atoms with Crippen molar-refractivity contribution in [1.82, 2.24) is 25.1 Å². The lowest BCUT2D eigenvalue weighted by molar-refractivity contribution is 0.159. The number of aryl methyl sites for hydroxylation is 1. The van der Waals surface area contributed by atoms with Crippen molar-refractivity contribution in [2.75, 3.05) is 27.3 Å². The molecule has 1 aromatic heterocycles. The van der Waals surface area contributed by atoms with Crippen LogP contribution in [0, 0.1) is 0 Å². The van der Waals surface area contributed by atoms with E-state index in [1.165, 1.54) is 4.80 Å². The van der Waals surface area contributed by atoms with Crippen LogP contribution in [0.2, 0.25) is 0 Å². The Hall–Kier alpha value is -1.05. The molecule has 0 spiro atoms. The predicted octanol–water partition coefficient (Wildman–Crippen LogP) is -1.38. The Morgan fingerprint density at radius 3 is 2.87 bits per heavy atom. The number of likely N-dealkylation sites (N-methyl/N-ethyl adjacent to an activating group) is 1. The predicted molar refractivity (Wildman–Crippen MR) is 55.0 cm³/mol. The van der Waals surface area contributed by atoms with Crippen molar-refractivity contribution in [2.24, 2.45) is 12.8 Å². The molecule has 0 saturated carbocycles. The van der Waals surface area contributed by atoms with Gasteiger partial charge >= 0.3 is 0 Å². The number of hydrogen-bond acceptors (Lipinski definition) is 6. The van der Waals surface area contributed by atoms with Crippen LogP contribution in [0.4, 0.5) is 0 Å². The molecule has 0 bridgehead atoms. The van der Waals surface area contributed by atoms with E-state index in [-0.39, 0.29) is 6.04 Å². The van der Waals surface area contributed by atoms with Gasteiger partial charge in [-0.3, -0.25) is 4.90 Å². The lowest BCUT2D eigenvalue weighted by Gasteiger charge is -2.18. The third kappa shape index (κ3) is 4.32. The van der Waals surface area contributed by atoms with Crippen LogP contribution < -0.4 is 5.73 Å². The van der Waals surface area contributed by atoms with Crippen molar-refractivity contribution >= 4 is 0 Å². The van der Waals surface area contributed by atoms with E-state index in [1.807, 2.05) is 11.9 Å². The maximum atomic E-state index is 5.82. The van der Waals surface area contributed by atoms with E-state index in [1.54, 1.807) is 14.2 Å². The van der Waals surface area contributed by atoms with Gasteiger partial charge in [0.2, 0.25) is 0 Å². The van der Waals surface area contributed by atoms with E-state index >= 15 is 0 Å². The second-order valence-corrected chi connectivity index (χ2v) is 3.61. The van der Waals surface area contributed by atoms with Gasteiger partial charge in [-0.1, -0.05) is 0 Å². The molecule has 0 aliphatic heterocycles. The molecule has 0 saturated heterocycles. The van der Waals surface area contributed by atoms with E-state index < -0.39 is 0 Å². The number of nitrogens with two attached hydrogens (primary N) is 1. The molecule has 86 valence electrons. The molecule has 0 radical (unpaired) electrons. The fourth-order valence-corrected chi connectivity index (χ4v) is 1.36. The zero-order chi connectivity index (χ0) is 11.3. The largest absolute Gasteiger partial charge is 0.383 e. The quantitative estimate of drug-likeness (QED) is 0.628. The second-order valence-electron chi connectivity index (χ2n) is 3.61. The van der Waals surface area contributed by atoms with Gasteiger partial charge in [-0.2, -0.15) is 4.80 Å². The second kappa shape index (κ2) is 5.74. The summed E-state index contributed by atoms with van der Waals surface area (Å²) in [5.74, 6) is 0.699. The Labute approximate surface area is 89.2 Å². The molecule has 1 unspecified atom stereocenters. The minimum atomic E-state index is 0.0108. The molecule has 2 N–H and O–H groups in total. The summed E-state index contributed by atoms with van der Waals surface area (Å²) >= 11 is 0. The van der Waals surface area contributed by atoms with E-state index in [9.17, 15) is 0 Å². The summed E-state index contributed by atoms with van der Waals surface area (Å²) in [6.45, 7) is 1.94. The fourth-order valence-electron chi connectivity index (χ4n) is 1.36. The van der Waals surface area contributed by atoms with Crippen LogP contribution in [-0.4, -0.2) is 58.5 Å². The zero-order valence-electron chi connectivity index (χ0n) is 9.42. The number of methoxy groups -OCH3 is 1. The number of nitrogens with zero attached hydrogens (tertiary/aromatic N) is 5. The van der Waals surface area contributed by atoms with Crippen molar-refractivity contribution in [3.05, 3.63) is 5.82 Å². The van der Waals surface area contributed by atoms with E-state index in [4.69, 9.17) is 10.5 Å². The molecule has 0 aromatic carbocycles. The van der Waals surface area contributed by atoms with Crippen molar-refractivity contribution < 1.29 is 4.74 Å². The average Bonchev–Trinajstić information content (AvgIpc) is 2.51. The third-order valence-electron chi connectivity index (χ3n) is 1.89. The lowest BCUT2D eigenvalue weighted by atomic mass is 10.3. The van der Waals surface area contributed by atoms with Crippen molar-refractivity contribution in [3.8, 4) is 0 Å². The van der Waals surface area contributed by atoms with E-state index in [2.05, 4.69) is 15.4 Å². The monoisotopic (exact) mass is 214 g/mol. The molecule has 7 nitrogen and oxygen atoms in total. The van der Waals surface area contributed by atoms with Crippen molar-refractivity contribution in [2.45, 2.75) is 12.6 Å². The van der Waals surface area contributed by atoms with Crippen LogP contribution in [0.25, 0.3) is 0 Å². The first-order valence-corrected chi connectivity index (χ1v) is 4.77. The van der Waals surface area contributed by atoms with Gasteiger partial charge in [0, 0.05) is 19.7 Å². The van der Waals surface area contributed by atoms with Crippen LogP contribution >= 0.6 is 0 Å². The first-order valence-electron chi connectivity index (χ1n) is 4.77. The highest BCUT2D eigenvalue weighted by molar-refractivity contribution is 4.77. The Morgan fingerprint density at radius 1 is 1.60 bits per heavy atom. The summed E-state index contributed by atoms with van der Waals surface area (Å²) in [4.78, 5) is 3.49. The van der Waals surface area contributed by atoms with Gasteiger partial charge in [0.1, 0.15) is 0 Å². The molecule has 7 heteroatoms. The van der Waals surface area contributed by atoms with Crippen LogP contribution in [0.3, 0.4) is 0 Å².